The van der Waals surface area contributed by atoms with E-state index in [4.69, 9.17) is 4.74 Å². The fourth-order valence-corrected chi connectivity index (χ4v) is 2.28. The largest absolute Gasteiger partial charge is 0.379 e. The first kappa shape index (κ1) is 14.9. The highest BCUT2D eigenvalue weighted by Crippen LogP contribution is 2.18. The molecule has 0 aromatic rings. The van der Waals surface area contributed by atoms with Gasteiger partial charge in [-0.05, 0) is 53.1 Å². The van der Waals surface area contributed by atoms with Crippen molar-refractivity contribution in [2.24, 2.45) is 0 Å². The van der Waals surface area contributed by atoms with Gasteiger partial charge in [0.15, 0.2) is 0 Å². The van der Waals surface area contributed by atoms with Crippen molar-refractivity contribution in [1.82, 2.24) is 10.2 Å². The predicted octanol–water partition coefficient (Wildman–Crippen LogP) is 2.27. The number of hydrogen-bond donors (Lipinski definition) is 1. The molecule has 0 amide bonds. The summed E-state index contributed by atoms with van der Waals surface area (Å²) in [5.41, 5.74) is 0.288. The van der Waals surface area contributed by atoms with E-state index in [0.717, 1.165) is 26.1 Å². The molecule has 0 bridgehead atoms. The predicted molar refractivity (Wildman–Crippen MR) is 73.5 cm³/mol. The summed E-state index contributed by atoms with van der Waals surface area (Å²) in [5, 5.41) is 3.68. The van der Waals surface area contributed by atoms with Crippen LogP contribution in [-0.4, -0.2) is 49.3 Å². The van der Waals surface area contributed by atoms with E-state index in [1.807, 2.05) is 0 Å². The van der Waals surface area contributed by atoms with E-state index in [-0.39, 0.29) is 11.1 Å². The second-order valence-corrected chi connectivity index (χ2v) is 6.18. The molecule has 1 atom stereocenters. The molecule has 0 radical (unpaired) electrons. The Balaban J connectivity index is 2.47. The Labute approximate surface area is 107 Å². The van der Waals surface area contributed by atoms with Crippen LogP contribution in [0.5, 0.6) is 0 Å². The number of rotatable bonds is 5. The second kappa shape index (κ2) is 6.17. The van der Waals surface area contributed by atoms with Gasteiger partial charge in [0.1, 0.15) is 0 Å². The highest BCUT2D eigenvalue weighted by Gasteiger charge is 2.28. The lowest BCUT2D eigenvalue weighted by molar-refractivity contribution is 0.00632. The third-order valence-corrected chi connectivity index (χ3v) is 4.14. The molecule has 1 unspecified atom stereocenters. The van der Waals surface area contributed by atoms with Crippen LogP contribution in [0.3, 0.4) is 0 Å². The quantitative estimate of drug-likeness (QED) is 0.800. The highest BCUT2D eigenvalue weighted by molar-refractivity contribution is 4.88. The SMILES string of the molecule is CCC1(C)CN(CCC(C)(C)OC)CCCN1. The Morgan fingerprint density at radius 1 is 1.41 bits per heavy atom. The van der Waals surface area contributed by atoms with Crippen LogP contribution in [0.1, 0.15) is 47.0 Å². The molecule has 0 saturated carbocycles. The molecular formula is C14H30N2O. The third-order valence-electron chi connectivity index (χ3n) is 4.14. The monoisotopic (exact) mass is 242 g/mol. The standard InChI is InChI=1S/C14H30N2O/c1-6-14(4)12-16(10-7-9-15-14)11-8-13(2,3)17-5/h15H,6-12H2,1-5H3. The molecule has 102 valence electrons. The van der Waals surface area contributed by atoms with Crippen LogP contribution >= 0.6 is 0 Å². The van der Waals surface area contributed by atoms with E-state index in [1.54, 1.807) is 7.11 Å². The Kier molecular flexibility index (Phi) is 5.42. The molecule has 0 aromatic carbocycles. The van der Waals surface area contributed by atoms with Crippen molar-refractivity contribution in [3.63, 3.8) is 0 Å². The van der Waals surface area contributed by atoms with Crippen LogP contribution in [0.25, 0.3) is 0 Å². The number of hydrogen-bond acceptors (Lipinski definition) is 3. The Morgan fingerprint density at radius 2 is 2.12 bits per heavy atom. The zero-order valence-electron chi connectivity index (χ0n) is 12.3. The topological polar surface area (TPSA) is 24.5 Å². The molecule has 1 saturated heterocycles. The summed E-state index contributed by atoms with van der Waals surface area (Å²) in [6.07, 6.45) is 3.55. The van der Waals surface area contributed by atoms with Crippen LogP contribution in [0.4, 0.5) is 0 Å². The minimum atomic E-state index is 0.00233. The van der Waals surface area contributed by atoms with Gasteiger partial charge in [-0.1, -0.05) is 6.92 Å². The van der Waals surface area contributed by atoms with Crippen LogP contribution < -0.4 is 5.32 Å². The average molecular weight is 242 g/mol. The van der Waals surface area contributed by atoms with Gasteiger partial charge in [0, 0.05) is 25.7 Å². The number of methoxy groups -OCH3 is 1. The molecule has 1 fully saturated rings. The van der Waals surface area contributed by atoms with Crippen LogP contribution in [0.15, 0.2) is 0 Å². The third kappa shape index (κ3) is 4.94. The summed E-state index contributed by atoms with van der Waals surface area (Å²) in [5.74, 6) is 0. The minimum absolute atomic E-state index is 0.00233. The van der Waals surface area contributed by atoms with E-state index >= 15 is 0 Å². The average Bonchev–Trinajstić information content (AvgIpc) is 2.49. The summed E-state index contributed by atoms with van der Waals surface area (Å²) in [4.78, 5) is 2.59. The van der Waals surface area contributed by atoms with Gasteiger partial charge < -0.3 is 15.0 Å². The molecule has 1 aliphatic rings. The summed E-state index contributed by atoms with van der Waals surface area (Å²) in [6, 6.07) is 0. The Morgan fingerprint density at radius 3 is 2.71 bits per heavy atom. The van der Waals surface area contributed by atoms with Crippen molar-refractivity contribution in [2.75, 3.05) is 33.3 Å². The van der Waals surface area contributed by atoms with E-state index < -0.39 is 0 Å². The van der Waals surface area contributed by atoms with E-state index in [0.29, 0.717) is 0 Å². The summed E-state index contributed by atoms with van der Waals surface area (Å²) < 4.78 is 5.50. The summed E-state index contributed by atoms with van der Waals surface area (Å²) in [6.45, 7) is 13.6. The van der Waals surface area contributed by atoms with Crippen LogP contribution in [-0.2, 0) is 4.74 Å². The number of nitrogens with one attached hydrogen (secondary N) is 1. The lowest BCUT2D eigenvalue weighted by Gasteiger charge is -2.34. The van der Waals surface area contributed by atoms with E-state index in [9.17, 15) is 0 Å². The minimum Gasteiger partial charge on any atom is -0.379 e. The molecule has 0 spiro atoms. The molecule has 3 nitrogen and oxygen atoms in total. The van der Waals surface area contributed by atoms with Gasteiger partial charge in [-0.2, -0.15) is 0 Å². The van der Waals surface area contributed by atoms with Crippen LogP contribution in [0, 0.1) is 0 Å². The zero-order valence-corrected chi connectivity index (χ0v) is 12.3. The molecule has 3 heteroatoms. The van der Waals surface area contributed by atoms with Crippen LogP contribution in [0.2, 0.25) is 0 Å². The van der Waals surface area contributed by atoms with Gasteiger partial charge in [-0.15, -0.1) is 0 Å². The van der Waals surface area contributed by atoms with E-state index in [1.165, 1.54) is 19.4 Å². The lowest BCUT2D eigenvalue weighted by atomic mass is 9.98. The highest BCUT2D eigenvalue weighted by atomic mass is 16.5. The molecule has 0 aliphatic carbocycles. The molecular weight excluding hydrogens is 212 g/mol. The fraction of sp³-hybridized carbons (Fsp3) is 1.00. The van der Waals surface area contributed by atoms with Gasteiger partial charge in [0.05, 0.1) is 5.60 Å². The first-order chi connectivity index (χ1) is 7.91. The van der Waals surface area contributed by atoms with Gasteiger partial charge in [0.25, 0.3) is 0 Å². The molecule has 1 N–H and O–H groups in total. The van der Waals surface area contributed by atoms with Crippen molar-refractivity contribution < 1.29 is 4.74 Å². The smallest absolute Gasteiger partial charge is 0.0634 e. The van der Waals surface area contributed by atoms with Gasteiger partial charge >= 0.3 is 0 Å². The zero-order chi connectivity index (χ0) is 12.9. The Bertz CT molecular complexity index is 230. The molecule has 1 rings (SSSR count). The lowest BCUT2D eigenvalue weighted by Crippen LogP contribution is -2.49. The molecule has 1 heterocycles. The van der Waals surface area contributed by atoms with E-state index in [2.05, 4.69) is 37.9 Å². The number of ether oxygens (including phenoxy) is 1. The van der Waals surface area contributed by atoms with Gasteiger partial charge in [-0.3, -0.25) is 0 Å². The fourth-order valence-electron chi connectivity index (χ4n) is 2.28. The Hall–Kier alpha value is -0.120. The maximum atomic E-state index is 5.50. The number of nitrogens with zero attached hydrogens (tertiary/aromatic N) is 1. The normalized spacial score (nSPS) is 28.1. The molecule has 1 aliphatic heterocycles. The van der Waals surface area contributed by atoms with Gasteiger partial charge in [-0.25, -0.2) is 0 Å². The maximum Gasteiger partial charge on any atom is 0.0634 e. The van der Waals surface area contributed by atoms with Crippen molar-refractivity contribution >= 4 is 0 Å². The van der Waals surface area contributed by atoms with Crippen molar-refractivity contribution in [3.8, 4) is 0 Å². The molecule has 17 heavy (non-hydrogen) atoms. The van der Waals surface area contributed by atoms with Gasteiger partial charge in [0.2, 0.25) is 0 Å². The maximum absolute atomic E-state index is 5.50. The first-order valence-corrected chi connectivity index (χ1v) is 6.93. The molecule has 0 aromatic heterocycles. The van der Waals surface area contributed by atoms with Crippen molar-refractivity contribution in [3.05, 3.63) is 0 Å². The summed E-state index contributed by atoms with van der Waals surface area (Å²) >= 11 is 0. The second-order valence-electron chi connectivity index (χ2n) is 6.18. The first-order valence-electron chi connectivity index (χ1n) is 6.93. The van der Waals surface area contributed by atoms with Crippen molar-refractivity contribution in [1.29, 1.82) is 0 Å². The summed E-state index contributed by atoms with van der Waals surface area (Å²) in [7, 11) is 1.81. The van der Waals surface area contributed by atoms with Crippen molar-refractivity contribution in [2.45, 2.75) is 58.1 Å².